The van der Waals surface area contributed by atoms with Gasteiger partial charge in [0.25, 0.3) is 5.91 Å². The van der Waals surface area contributed by atoms with Crippen LogP contribution in [0.15, 0.2) is 6.07 Å². The zero-order valence-corrected chi connectivity index (χ0v) is 11.7. The molecule has 1 unspecified atom stereocenters. The summed E-state index contributed by atoms with van der Waals surface area (Å²) in [5.41, 5.74) is 0.430. The average Bonchev–Trinajstić information content (AvgIpc) is 3.08. The van der Waals surface area contributed by atoms with Gasteiger partial charge in [-0.05, 0) is 32.6 Å². The van der Waals surface area contributed by atoms with Crippen LogP contribution in [0.4, 0.5) is 5.82 Å². The number of aryl methyl sites for hydroxylation is 1. The first-order chi connectivity index (χ1) is 9.70. The van der Waals surface area contributed by atoms with Crippen molar-refractivity contribution in [1.29, 1.82) is 0 Å². The first-order valence-corrected chi connectivity index (χ1v) is 7.23. The largest absolute Gasteiger partial charge is 0.376 e. The Morgan fingerprint density at radius 1 is 1.40 bits per heavy atom. The fourth-order valence-corrected chi connectivity index (χ4v) is 2.29. The van der Waals surface area contributed by atoms with Gasteiger partial charge in [-0.15, -0.1) is 0 Å². The molecular weight excluding hydrogens is 256 g/mol. The highest BCUT2D eigenvalue weighted by Gasteiger charge is 2.24. The maximum Gasteiger partial charge on any atom is 0.270 e. The van der Waals surface area contributed by atoms with E-state index in [0.717, 1.165) is 38.8 Å². The molecule has 0 radical (unpaired) electrons. The third-order valence-electron chi connectivity index (χ3n) is 3.52. The summed E-state index contributed by atoms with van der Waals surface area (Å²) < 4.78 is 5.56. The highest BCUT2D eigenvalue weighted by atomic mass is 16.5. The Balaban J connectivity index is 1.63. The fourth-order valence-electron chi connectivity index (χ4n) is 2.29. The van der Waals surface area contributed by atoms with Crippen molar-refractivity contribution >= 4 is 11.7 Å². The van der Waals surface area contributed by atoms with Crippen LogP contribution in [0.2, 0.25) is 0 Å². The molecule has 1 atom stereocenters. The third-order valence-corrected chi connectivity index (χ3v) is 3.52. The lowest BCUT2D eigenvalue weighted by Crippen LogP contribution is -2.27. The normalized spacial score (nSPS) is 21.8. The second-order valence-corrected chi connectivity index (χ2v) is 5.45. The van der Waals surface area contributed by atoms with Crippen LogP contribution >= 0.6 is 0 Å². The number of carbonyl (C=O) groups excluding carboxylic acids is 1. The van der Waals surface area contributed by atoms with Gasteiger partial charge in [0.1, 0.15) is 17.3 Å². The monoisotopic (exact) mass is 276 g/mol. The molecule has 2 N–H and O–H groups in total. The molecule has 20 heavy (non-hydrogen) atoms. The van der Waals surface area contributed by atoms with E-state index < -0.39 is 0 Å². The Labute approximate surface area is 118 Å². The molecular formula is C14H20N4O2. The zero-order valence-electron chi connectivity index (χ0n) is 11.7. The van der Waals surface area contributed by atoms with Gasteiger partial charge < -0.3 is 15.4 Å². The van der Waals surface area contributed by atoms with Gasteiger partial charge in [-0.1, -0.05) is 0 Å². The summed E-state index contributed by atoms with van der Waals surface area (Å²) in [5, 5.41) is 6.18. The average molecular weight is 276 g/mol. The number of amides is 1. The molecule has 0 bridgehead atoms. The van der Waals surface area contributed by atoms with Crippen LogP contribution in [0.25, 0.3) is 0 Å². The van der Waals surface area contributed by atoms with E-state index in [9.17, 15) is 4.79 Å². The molecule has 3 rings (SSSR count). The van der Waals surface area contributed by atoms with Gasteiger partial charge in [0, 0.05) is 25.3 Å². The lowest BCUT2D eigenvalue weighted by Gasteiger charge is -2.12. The Kier molecular flexibility index (Phi) is 3.82. The van der Waals surface area contributed by atoms with E-state index in [1.54, 1.807) is 13.0 Å². The van der Waals surface area contributed by atoms with Crippen LogP contribution in [-0.2, 0) is 4.74 Å². The number of hydrogen-bond donors (Lipinski definition) is 2. The first-order valence-electron chi connectivity index (χ1n) is 7.23. The van der Waals surface area contributed by atoms with Crippen LogP contribution in [-0.4, -0.2) is 41.2 Å². The van der Waals surface area contributed by atoms with Gasteiger partial charge in [-0.3, -0.25) is 4.79 Å². The SMILES string of the molecule is Cc1nc(NCC2CCCO2)cc(C(=O)NC2CC2)n1. The van der Waals surface area contributed by atoms with Gasteiger partial charge in [0.05, 0.1) is 6.10 Å². The molecule has 2 fully saturated rings. The molecule has 1 aromatic heterocycles. The number of ether oxygens (including phenoxy) is 1. The lowest BCUT2D eigenvalue weighted by molar-refractivity contribution is 0.0945. The van der Waals surface area contributed by atoms with Crippen molar-refractivity contribution in [3.8, 4) is 0 Å². The van der Waals surface area contributed by atoms with Crippen molar-refractivity contribution in [3.63, 3.8) is 0 Å². The number of aromatic nitrogens is 2. The number of carbonyl (C=O) groups is 1. The Hall–Kier alpha value is -1.69. The maximum absolute atomic E-state index is 12.0. The minimum atomic E-state index is -0.113. The Morgan fingerprint density at radius 3 is 2.95 bits per heavy atom. The third kappa shape index (κ3) is 3.45. The molecule has 6 nitrogen and oxygen atoms in total. The van der Waals surface area contributed by atoms with E-state index in [-0.39, 0.29) is 12.0 Å². The summed E-state index contributed by atoms with van der Waals surface area (Å²) in [6.45, 7) is 3.36. The molecule has 2 heterocycles. The molecule has 1 aliphatic heterocycles. The Morgan fingerprint density at radius 2 is 2.25 bits per heavy atom. The van der Waals surface area contributed by atoms with E-state index in [4.69, 9.17) is 4.74 Å². The highest BCUT2D eigenvalue weighted by molar-refractivity contribution is 5.93. The number of hydrogen-bond acceptors (Lipinski definition) is 5. The molecule has 1 saturated heterocycles. The quantitative estimate of drug-likeness (QED) is 0.847. The molecule has 6 heteroatoms. The molecule has 1 amide bonds. The van der Waals surface area contributed by atoms with Gasteiger partial charge in [-0.25, -0.2) is 9.97 Å². The maximum atomic E-state index is 12.0. The Bertz CT molecular complexity index is 496. The summed E-state index contributed by atoms with van der Waals surface area (Å²) in [6.07, 6.45) is 4.57. The summed E-state index contributed by atoms with van der Waals surface area (Å²) >= 11 is 0. The molecule has 0 aromatic carbocycles. The number of nitrogens with one attached hydrogen (secondary N) is 2. The predicted octanol–water partition coefficient (Wildman–Crippen LogP) is 1.27. The molecule has 1 aliphatic carbocycles. The highest BCUT2D eigenvalue weighted by Crippen LogP contribution is 2.19. The van der Waals surface area contributed by atoms with Crippen molar-refractivity contribution in [1.82, 2.24) is 15.3 Å². The fraction of sp³-hybridized carbons (Fsp3) is 0.643. The van der Waals surface area contributed by atoms with E-state index >= 15 is 0 Å². The van der Waals surface area contributed by atoms with Gasteiger partial charge in [0.15, 0.2) is 0 Å². The van der Waals surface area contributed by atoms with E-state index in [1.165, 1.54) is 0 Å². The predicted molar refractivity (Wildman–Crippen MR) is 74.7 cm³/mol. The molecule has 2 aliphatic rings. The number of anilines is 1. The topological polar surface area (TPSA) is 76.1 Å². The van der Waals surface area contributed by atoms with E-state index in [0.29, 0.717) is 23.4 Å². The summed E-state index contributed by atoms with van der Waals surface area (Å²) in [5.74, 6) is 1.18. The summed E-state index contributed by atoms with van der Waals surface area (Å²) in [7, 11) is 0. The van der Waals surface area contributed by atoms with Crippen LogP contribution in [0.1, 0.15) is 42.0 Å². The van der Waals surface area contributed by atoms with E-state index in [1.807, 2.05) is 0 Å². The number of nitrogens with zero attached hydrogens (tertiary/aromatic N) is 2. The lowest BCUT2D eigenvalue weighted by atomic mass is 10.2. The van der Waals surface area contributed by atoms with Gasteiger partial charge >= 0.3 is 0 Å². The smallest absolute Gasteiger partial charge is 0.270 e. The van der Waals surface area contributed by atoms with Crippen molar-refractivity contribution < 1.29 is 9.53 Å². The van der Waals surface area contributed by atoms with Crippen molar-refractivity contribution in [2.45, 2.75) is 44.8 Å². The van der Waals surface area contributed by atoms with Crippen LogP contribution in [0, 0.1) is 6.92 Å². The molecule has 108 valence electrons. The van der Waals surface area contributed by atoms with Crippen molar-refractivity contribution in [2.75, 3.05) is 18.5 Å². The van der Waals surface area contributed by atoms with Gasteiger partial charge in [-0.2, -0.15) is 0 Å². The standard InChI is InChI=1S/C14H20N4O2/c1-9-16-12(14(19)18-10-4-5-10)7-13(17-9)15-8-11-3-2-6-20-11/h7,10-11H,2-6,8H2,1H3,(H,18,19)(H,15,16,17). The first kappa shape index (κ1) is 13.3. The second kappa shape index (κ2) is 5.75. The summed E-state index contributed by atoms with van der Waals surface area (Å²) in [6, 6.07) is 2.04. The molecule has 1 aromatic rings. The molecule has 0 spiro atoms. The second-order valence-electron chi connectivity index (χ2n) is 5.45. The van der Waals surface area contributed by atoms with Crippen molar-refractivity contribution in [3.05, 3.63) is 17.6 Å². The van der Waals surface area contributed by atoms with Crippen molar-refractivity contribution in [2.24, 2.45) is 0 Å². The minimum Gasteiger partial charge on any atom is -0.376 e. The van der Waals surface area contributed by atoms with E-state index in [2.05, 4.69) is 20.6 Å². The summed E-state index contributed by atoms with van der Waals surface area (Å²) in [4.78, 5) is 20.5. The van der Waals surface area contributed by atoms with Crippen LogP contribution < -0.4 is 10.6 Å². The zero-order chi connectivity index (χ0) is 13.9. The minimum absolute atomic E-state index is 0.113. The van der Waals surface area contributed by atoms with Gasteiger partial charge in [0.2, 0.25) is 0 Å². The van der Waals surface area contributed by atoms with Crippen LogP contribution in [0.3, 0.4) is 0 Å². The van der Waals surface area contributed by atoms with Crippen LogP contribution in [0.5, 0.6) is 0 Å². The number of rotatable bonds is 5. The molecule has 1 saturated carbocycles.